The van der Waals surface area contributed by atoms with Crippen molar-refractivity contribution in [1.29, 1.82) is 0 Å². The third-order valence-corrected chi connectivity index (χ3v) is 4.06. The highest BCUT2D eigenvalue weighted by molar-refractivity contribution is 5.89. The van der Waals surface area contributed by atoms with Crippen LogP contribution in [0.25, 0.3) is 10.9 Å². The molecular weight excluding hydrogens is 349 g/mol. The van der Waals surface area contributed by atoms with Crippen LogP contribution in [0, 0.1) is 5.82 Å². The molecule has 5 N–H and O–H groups in total. The number of nitrogens with two attached hydrogens (primary N) is 1. The third kappa shape index (κ3) is 4.66. The number of carbonyl (C=O) groups is 1. The number of H-pyrrole nitrogens is 1. The molecule has 0 saturated carbocycles. The molecule has 0 aliphatic rings. The number of hydrogen-bond acceptors (Lipinski definition) is 3. The second-order valence-electron chi connectivity index (χ2n) is 6.01. The molecule has 0 saturated heterocycles. The van der Waals surface area contributed by atoms with Crippen LogP contribution in [0.3, 0.4) is 0 Å². The highest BCUT2D eigenvalue weighted by atomic mass is 19.1. The Labute approximate surface area is 155 Å². The maximum atomic E-state index is 13.3. The van der Waals surface area contributed by atoms with E-state index in [1.54, 1.807) is 12.1 Å². The van der Waals surface area contributed by atoms with Crippen LogP contribution in [-0.4, -0.2) is 29.9 Å². The summed E-state index contributed by atoms with van der Waals surface area (Å²) in [5, 5.41) is 7.42. The van der Waals surface area contributed by atoms with Gasteiger partial charge in [-0.15, -0.1) is 0 Å². The minimum Gasteiger partial charge on any atom is -0.454 e. The minimum atomic E-state index is -0.603. The lowest BCUT2D eigenvalue weighted by Gasteiger charge is -2.10. The van der Waals surface area contributed by atoms with Crippen LogP contribution in [0.1, 0.15) is 28.8 Å². The third-order valence-electron chi connectivity index (χ3n) is 4.06. The topological polar surface area (TPSA) is 108 Å². The number of amides is 1. The van der Waals surface area contributed by atoms with E-state index in [9.17, 15) is 9.18 Å². The average Bonchev–Trinajstić information content (AvgIpc) is 3.26. The Morgan fingerprint density at radius 2 is 2.15 bits per heavy atom. The smallest absolute Gasteiger partial charge is 0.284 e. The molecule has 3 aromatic rings. The normalized spacial score (nSPS) is 11.7. The van der Waals surface area contributed by atoms with E-state index >= 15 is 0 Å². The van der Waals surface area contributed by atoms with Crippen molar-refractivity contribution in [3.05, 3.63) is 59.4 Å². The largest absolute Gasteiger partial charge is 0.454 e. The van der Waals surface area contributed by atoms with Crippen LogP contribution in [-0.2, 0) is 13.0 Å². The van der Waals surface area contributed by atoms with Gasteiger partial charge in [0.05, 0.1) is 0 Å². The summed E-state index contributed by atoms with van der Waals surface area (Å²) in [6.45, 7) is 3.63. The van der Waals surface area contributed by atoms with E-state index < -0.39 is 5.91 Å². The lowest BCUT2D eigenvalue weighted by molar-refractivity contribution is 0.0972. The predicted octanol–water partition coefficient (Wildman–Crippen LogP) is 2.30. The first-order valence-electron chi connectivity index (χ1n) is 8.73. The van der Waals surface area contributed by atoms with Gasteiger partial charge in [0.25, 0.3) is 5.91 Å². The number of aromatic amines is 1. The van der Waals surface area contributed by atoms with Crippen LogP contribution in [0.4, 0.5) is 4.39 Å². The van der Waals surface area contributed by atoms with E-state index in [0.717, 1.165) is 22.9 Å². The predicted molar refractivity (Wildman–Crippen MR) is 102 cm³/mol. The van der Waals surface area contributed by atoms with Crippen molar-refractivity contribution in [3.63, 3.8) is 0 Å². The van der Waals surface area contributed by atoms with Gasteiger partial charge < -0.3 is 25.8 Å². The van der Waals surface area contributed by atoms with E-state index in [0.29, 0.717) is 24.8 Å². The molecule has 3 rings (SSSR count). The van der Waals surface area contributed by atoms with Gasteiger partial charge in [-0.25, -0.2) is 9.38 Å². The first-order chi connectivity index (χ1) is 13.1. The summed E-state index contributed by atoms with van der Waals surface area (Å²) >= 11 is 0. The molecule has 0 fully saturated rings. The van der Waals surface area contributed by atoms with E-state index in [-0.39, 0.29) is 18.1 Å². The molecule has 142 valence electrons. The molecule has 0 aliphatic carbocycles. The van der Waals surface area contributed by atoms with Gasteiger partial charge in [-0.1, -0.05) is 0 Å². The van der Waals surface area contributed by atoms with Crippen LogP contribution >= 0.6 is 0 Å². The Balaban J connectivity index is 1.59. The summed E-state index contributed by atoms with van der Waals surface area (Å²) in [6, 6.07) is 7.94. The molecule has 1 amide bonds. The van der Waals surface area contributed by atoms with Crippen molar-refractivity contribution in [1.82, 2.24) is 15.6 Å². The molecule has 2 heterocycles. The SMILES string of the molecule is CCNC(=NCc1ccc(C(N)=O)o1)NCCc1c[nH]c2cc(F)ccc12. The fraction of sp³-hybridized carbons (Fsp3) is 0.263. The number of carbonyl (C=O) groups excluding carboxylic acids is 1. The van der Waals surface area contributed by atoms with Gasteiger partial charge >= 0.3 is 0 Å². The molecule has 0 aliphatic heterocycles. The summed E-state index contributed by atoms with van der Waals surface area (Å²) in [7, 11) is 0. The molecule has 0 bridgehead atoms. The maximum absolute atomic E-state index is 13.3. The zero-order chi connectivity index (χ0) is 19.2. The lowest BCUT2D eigenvalue weighted by Crippen LogP contribution is -2.38. The summed E-state index contributed by atoms with van der Waals surface area (Å²) in [4.78, 5) is 18.6. The molecule has 2 aromatic heterocycles. The second kappa shape index (κ2) is 8.39. The fourth-order valence-electron chi connectivity index (χ4n) is 2.77. The van der Waals surface area contributed by atoms with Gasteiger partial charge in [0, 0.05) is 30.2 Å². The van der Waals surface area contributed by atoms with Gasteiger partial charge in [-0.2, -0.15) is 0 Å². The molecule has 0 atom stereocenters. The van der Waals surface area contributed by atoms with Crippen LogP contribution < -0.4 is 16.4 Å². The summed E-state index contributed by atoms with van der Waals surface area (Å²) in [6.07, 6.45) is 2.65. The molecule has 7 nitrogen and oxygen atoms in total. The molecule has 1 aromatic carbocycles. The van der Waals surface area contributed by atoms with Crippen LogP contribution in [0.2, 0.25) is 0 Å². The van der Waals surface area contributed by atoms with Crippen molar-refractivity contribution >= 4 is 22.8 Å². The molecule has 0 radical (unpaired) electrons. The Morgan fingerprint density at radius 1 is 1.30 bits per heavy atom. The molecular formula is C19H22FN5O2. The van der Waals surface area contributed by atoms with Crippen LogP contribution in [0.5, 0.6) is 0 Å². The molecule has 0 unspecified atom stereocenters. The number of fused-ring (bicyclic) bond motifs is 1. The van der Waals surface area contributed by atoms with Gasteiger partial charge in [-0.3, -0.25) is 4.79 Å². The van der Waals surface area contributed by atoms with Crippen molar-refractivity contribution in [2.24, 2.45) is 10.7 Å². The number of aliphatic imine (C=N–C) groups is 1. The number of rotatable bonds is 7. The number of guanidine groups is 1. The number of hydrogen-bond donors (Lipinski definition) is 4. The lowest BCUT2D eigenvalue weighted by atomic mass is 10.1. The first kappa shape index (κ1) is 18.5. The zero-order valence-corrected chi connectivity index (χ0v) is 15.0. The minimum absolute atomic E-state index is 0.119. The van der Waals surface area contributed by atoms with Crippen molar-refractivity contribution < 1.29 is 13.6 Å². The van der Waals surface area contributed by atoms with Gasteiger partial charge in [0.15, 0.2) is 11.7 Å². The highest BCUT2D eigenvalue weighted by Gasteiger charge is 2.08. The highest BCUT2D eigenvalue weighted by Crippen LogP contribution is 2.19. The Hall–Kier alpha value is -3.29. The van der Waals surface area contributed by atoms with Crippen molar-refractivity contribution in [3.8, 4) is 0 Å². The quantitative estimate of drug-likeness (QED) is 0.377. The average molecular weight is 371 g/mol. The summed E-state index contributed by atoms with van der Waals surface area (Å²) < 4.78 is 18.6. The Bertz CT molecular complexity index is 960. The number of halogens is 1. The number of nitrogens with one attached hydrogen (secondary N) is 3. The Morgan fingerprint density at radius 3 is 2.89 bits per heavy atom. The zero-order valence-electron chi connectivity index (χ0n) is 15.0. The van der Waals surface area contributed by atoms with Gasteiger partial charge in [-0.05, 0) is 49.2 Å². The van der Waals surface area contributed by atoms with Crippen molar-refractivity contribution in [2.75, 3.05) is 13.1 Å². The first-order valence-corrected chi connectivity index (χ1v) is 8.73. The monoisotopic (exact) mass is 371 g/mol. The molecule has 8 heteroatoms. The molecule has 27 heavy (non-hydrogen) atoms. The number of nitrogens with zero attached hydrogens (tertiary/aromatic N) is 1. The second-order valence-corrected chi connectivity index (χ2v) is 6.01. The van der Waals surface area contributed by atoms with E-state index in [2.05, 4.69) is 20.6 Å². The van der Waals surface area contributed by atoms with E-state index in [4.69, 9.17) is 10.2 Å². The maximum Gasteiger partial charge on any atom is 0.284 e. The van der Waals surface area contributed by atoms with E-state index in [1.807, 2.05) is 13.1 Å². The number of benzene rings is 1. The van der Waals surface area contributed by atoms with E-state index in [1.165, 1.54) is 18.2 Å². The van der Waals surface area contributed by atoms with Gasteiger partial charge in [0.1, 0.15) is 18.1 Å². The molecule has 0 spiro atoms. The summed E-state index contributed by atoms with van der Waals surface area (Å²) in [5.41, 5.74) is 7.06. The Kier molecular flexibility index (Phi) is 5.75. The van der Waals surface area contributed by atoms with Crippen molar-refractivity contribution in [2.45, 2.75) is 19.9 Å². The summed E-state index contributed by atoms with van der Waals surface area (Å²) in [5.74, 6) is 0.455. The fourth-order valence-corrected chi connectivity index (χ4v) is 2.77. The number of aromatic nitrogens is 1. The number of primary amides is 1. The number of furan rings is 1. The standard InChI is InChI=1S/C19H22FN5O2/c1-2-22-19(25-11-14-4-6-17(27-14)18(21)26)23-8-7-12-10-24-16-9-13(20)3-5-15(12)16/h3-6,9-10,24H,2,7-8,11H2,1H3,(H2,21,26)(H2,22,23,25). The van der Waals surface area contributed by atoms with Crippen LogP contribution in [0.15, 0.2) is 45.9 Å². The van der Waals surface area contributed by atoms with Gasteiger partial charge in [0.2, 0.25) is 0 Å².